The molecule has 1 aliphatic rings. The van der Waals surface area contributed by atoms with Gasteiger partial charge in [-0.1, -0.05) is 6.92 Å². The molecule has 2 N–H and O–H groups in total. The summed E-state index contributed by atoms with van der Waals surface area (Å²) in [6.45, 7) is 3.96. The topological polar surface area (TPSA) is 41.5 Å². The van der Waals surface area contributed by atoms with E-state index in [0.29, 0.717) is 12.0 Å². The molecule has 3 nitrogen and oxygen atoms in total. The van der Waals surface area contributed by atoms with E-state index in [9.17, 15) is 0 Å². The van der Waals surface area contributed by atoms with Crippen LogP contribution in [0.2, 0.25) is 0 Å². The molecule has 0 aromatic rings. The molecule has 1 rings (SSSR count). The highest BCUT2D eigenvalue weighted by Crippen LogP contribution is 2.19. The Balaban J connectivity index is 1.95. The molecule has 0 aliphatic heterocycles. The van der Waals surface area contributed by atoms with Crippen molar-refractivity contribution in [1.29, 1.82) is 0 Å². The average Bonchev–Trinajstić information content (AvgIpc) is 1.96. The Morgan fingerprint density at radius 3 is 2.75 bits per heavy atom. The number of methoxy groups -OCH3 is 1. The van der Waals surface area contributed by atoms with E-state index >= 15 is 0 Å². The molecular weight excluding hydrogens is 154 g/mol. The first-order valence-corrected chi connectivity index (χ1v) is 4.62. The van der Waals surface area contributed by atoms with Crippen LogP contribution >= 0.6 is 0 Å². The molecule has 0 amide bonds. The number of nitrogens with one attached hydrogen (secondary N) is 1. The highest BCUT2D eigenvalue weighted by atomic mass is 16.5. The highest BCUT2D eigenvalue weighted by molar-refractivity contribution is 4.84. The summed E-state index contributed by atoms with van der Waals surface area (Å²) in [7, 11) is 1.73. The van der Waals surface area contributed by atoms with Crippen molar-refractivity contribution in [1.82, 2.24) is 5.32 Å². The van der Waals surface area contributed by atoms with Crippen LogP contribution in [0.4, 0.5) is 0 Å². The quantitative estimate of drug-likeness (QED) is 0.631. The van der Waals surface area contributed by atoms with Gasteiger partial charge < -0.3 is 15.2 Å². The summed E-state index contributed by atoms with van der Waals surface area (Å²) in [6.07, 6.45) is 1.78. The van der Waals surface area contributed by atoms with Gasteiger partial charge in [-0.25, -0.2) is 0 Å². The Kier molecular flexibility index (Phi) is 3.98. The third kappa shape index (κ3) is 3.09. The summed E-state index contributed by atoms with van der Waals surface area (Å²) in [6, 6.07) is 0.541. The molecule has 0 radical (unpaired) electrons. The third-order valence-corrected chi connectivity index (χ3v) is 2.32. The van der Waals surface area contributed by atoms with Crippen molar-refractivity contribution in [3.8, 4) is 0 Å². The normalized spacial score (nSPS) is 31.2. The van der Waals surface area contributed by atoms with Crippen molar-refractivity contribution in [2.45, 2.75) is 31.9 Å². The van der Waals surface area contributed by atoms with E-state index in [1.165, 1.54) is 0 Å². The standard InChI is InChI=1S/C9H19NO2/c1-7(6-12-2)5-10-8-3-9(11)4-8/h7-11H,3-6H2,1-2H3. The van der Waals surface area contributed by atoms with Crippen LogP contribution in [0.25, 0.3) is 0 Å². The maximum atomic E-state index is 9.02. The first-order chi connectivity index (χ1) is 5.72. The lowest BCUT2D eigenvalue weighted by Crippen LogP contribution is -2.45. The zero-order valence-electron chi connectivity index (χ0n) is 7.92. The molecule has 3 heteroatoms. The molecule has 1 atom stereocenters. The third-order valence-electron chi connectivity index (χ3n) is 2.32. The summed E-state index contributed by atoms with van der Waals surface area (Å²) in [5.41, 5.74) is 0. The first-order valence-electron chi connectivity index (χ1n) is 4.62. The fraction of sp³-hybridized carbons (Fsp3) is 1.00. The lowest BCUT2D eigenvalue weighted by molar-refractivity contribution is 0.0587. The Morgan fingerprint density at radius 1 is 1.58 bits per heavy atom. The van der Waals surface area contributed by atoms with Crippen LogP contribution in [0.5, 0.6) is 0 Å². The van der Waals surface area contributed by atoms with Crippen molar-refractivity contribution in [2.24, 2.45) is 5.92 Å². The van der Waals surface area contributed by atoms with Gasteiger partial charge in [0.25, 0.3) is 0 Å². The van der Waals surface area contributed by atoms with Gasteiger partial charge >= 0.3 is 0 Å². The number of ether oxygens (including phenoxy) is 1. The first kappa shape index (κ1) is 9.96. The van der Waals surface area contributed by atoms with E-state index in [1.807, 2.05) is 0 Å². The van der Waals surface area contributed by atoms with Crippen LogP contribution < -0.4 is 5.32 Å². The Bertz CT molecular complexity index is 119. The molecule has 0 aromatic carbocycles. The summed E-state index contributed by atoms with van der Waals surface area (Å²) in [5, 5.41) is 12.4. The summed E-state index contributed by atoms with van der Waals surface area (Å²) < 4.78 is 5.02. The zero-order valence-corrected chi connectivity index (χ0v) is 7.92. The minimum absolute atomic E-state index is 0.0553. The van der Waals surface area contributed by atoms with Crippen molar-refractivity contribution < 1.29 is 9.84 Å². The number of hydrogen-bond donors (Lipinski definition) is 2. The molecule has 0 heterocycles. The van der Waals surface area contributed by atoms with E-state index in [1.54, 1.807) is 7.11 Å². The molecule has 0 saturated heterocycles. The van der Waals surface area contributed by atoms with E-state index in [4.69, 9.17) is 9.84 Å². The van der Waals surface area contributed by atoms with Gasteiger partial charge in [0.15, 0.2) is 0 Å². The predicted octanol–water partition coefficient (Wildman–Crippen LogP) is 0.382. The smallest absolute Gasteiger partial charge is 0.0570 e. The monoisotopic (exact) mass is 173 g/mol. The van der Waals surface area contributed by atoms with Gasteiger partial charge in [-0.3, -0.25) is 0 Å². The minimum Gasteiger partial charge on any atom is -0.393 e. The second-order valence-electron chi connectivity index (χ2n) is 3.79. The van der Waals surface area contributed by atoms with Gasteiger partial charge in [0.05, 0.1) is 6.10 Å². The lowest BCUT2D eigenvalue weighted by Gasteiger charge is -2.33. The molecule has 0 spiro atoms. The van der Waals surface area contributed by atoms with Crippen molar-refractivity contribution in [3.05, 3.63) is 0 Å². The molecule has 72 valence electrons. The van der Waals surface area contributed by atoms with Crippen LogP contribution in [-0.4, -0.2) is 37.5 Å². The number of rotatable bonds is 5. The van der Waals surface area contributed by atoms with Gasteiger partial charge in [0, 0.05) is 26.3 Å². The van der Waals surface area contributed by atoms with Crippen LogP contribution in [0.3, 0.4) is 0 Å². The Labute approximate surface area is 74.1 Å². The largest absolute Gasteiger partial charge is 0.393 e. The Hall–Kier alpha value is -0.120. The summed E-state index contributed by atoms with van der Waals surface area (Å²) >= 11 is 0. The Morgan fingerprint density at radius 2 is 2.25 bits per heavy atom. The molecule has 0 aromatic heterocycles. The molecule has 0 bridgehead atoms. The van der Waals surface area contributed by atoms with Crippen LogP contribution in [0.1, 0.15) is 19.8 Å². The number of hydrogen-bond acceptors (Lipinski definition) is 3. The minimum atomic E-state index is -0.0553. The maximum absolute atomic E-state index is 9.02. The zero-order chi connectivity index (χ0) is 8.97. The van der Waals surface area contributed by atoms with E-state index < -0.39 is 0 Å². The molecule has 1 unspecified atom stereocenters. The van der Waals surface area contributed by atoms with Crippen molar-refractivity contribution in [3.63, 3.8) is 0 Å². The predicted molar refractivity (Wildman–Crippen MR) is 48.1 cm³/mol. The summed E-state index contributed by atoms with van der Waals surface area (Å²) in [5.74, 6) is 0.563. The van der Waals surface area contributed by atoms with Crippen molar-refractivity contribution in [2.75, 3.05) is 20.3 Å². The fourth-order valence-electron chi connectivity index (χ4n) is 1.47. The van der Waals surface area contributed by atoms with Crippen LogP contribution in [0.15, 0.2) is 0 Å². The SMILES string of the molecule is COCC(C)CNC1CC(O)C1. The van der Waals surface area contributed by atoms with Gasteiger partial charge in [0.1, 0.15) is 0 Å². The second kappa shape index (κ2) is 4.80. The van der Waals surface area contributed by atoms with Crippen LogP contribution in [-0.2, 0) is 4.74 Å². The average molecular weight is 173 g/mol. The van der Waals surface area contributed by atoms with E-state index in [0.717, 1.165) is 26.0 Å². The molecule has 12 heavy (non-hydrogen) atoms. The van der Waals surface area contributed by atoms with Gasteiger partial charge in [-0.05, 0) is 18.8 Å². The molecule has 1 fully saturated rings. The second-order valence-corrected chi connectivity index (χ2v) is 3.79. The summed E-state index contributed by atoms with van der Waals surface area (Å²) in [4.78, 5) is 0. The molecular formula is C9H19NO2. The van der Waals surface area contributed by atoms with E-state index in [-0.39, 0.29) is 6.10 Å². The van der Waals surface area contributed by atoms with Gasteiger partial charge in [0.2, 0.25) is 0 Å². The number of aliphatic hydroxyl groups is 1. The molecule has 1 saturated carbocycles. The lowest BCUT2D eigenvalue weighted by atomic mass is 9.89. The van der Waals surface area contributed by atoms with Crippen LogP contribution in [0, 0.1) is 5.92 Å². The number of aliphatic hydroxyl groups excluding tert-OH is 1. The maximum Gasteiger partial charge on any atom is 0.0570 e. The van der Waals surface area contributed by atoms with Gasteiger partial charge in [-0.15, -0.1) is 0 Å². The fourth-order valence-corrected chi connectivity index (χ4v) is 1.47. The highest BCUT2D eigenvalue weighted by Gasteiger charge is 2.26. The van der Waals surface area contributed by atoms with Gasteiger partial charge in [-0.2, -0.15) is 0 Å². The van der Waals surface area contributed by atoms with E-state index in [2.05, 4.69) is 12.2 Å². The van der Waals surface area contributed by atoms with Crippen molar-refractivity contribution >= 4 is 0 Å². The molecule has 1 aliphatic carbocycles.